The van der Waals surface area contributed by atoms with Crippen molar-refractivity contribution in [2.45, 2.75) is 52.3 Å². The molecule has 3 aromatic carbocycles. The minimum Gasteiger partial charge on any atom is -0.507 e. The Morgan fingerprint density at radius 2 is 1.63 bits per heavy atom. The van der Waals surface area contributed by atoms with Gasteiger partial charge in [0.25, 0.3) is 11.7 Å². The van der Waals surface area contributed by atoms with Crippen molar-refractivity contribution in [3.05, 3.63) is 136 Å². The Kier molecular flexibility index (Phi) is 7.75. The topological polar surface area (TPSA) is 79.7 Å². The van der Waals surface area contributed by atoms with E-state index in [1.165, 1.54) is 4.90 Å². The normalized spacial score (nSPS) is 16.7. The molecule has 2 heterocycles. The first-order valence-electron chi connectivity index (χ1n) is 13.7. The maximum atomic E-state index is 13.5. The summed E-state index contributed by atoms with van der Waals surface area (Å²) >= 11 is 0. The van der Waals surface area contributed by atoms with Crippen molar-refractivity contribution in [2.75, 3.05) is 0 Å². The number of carbonyl (C=O) groups excluding carboxylic acids is 2. The molecule has 6 heteroatoms. The predicted octanol–water partition coefficient (Wildman–Crippen LogP) is 6.89. The molecule has 1 aliphatic rings. The fourth-order valence-electron chi connectivity index (χ4n) is 5.12. The fraction of sp³-hybridized carbons (Fsp3) is 0.229. The summed E-state index contributed by atoms with van der Waals surface area (Å²) in [6.07, 6.45) is 3.34. The summed E-state index contributed by atoms with van der Waals surface area (Å²) in [7, 11) is 0. The van der Waals surface area contributed by atoms with Crippen molar-refractivity contribution in [1.29, 1.82) is 0 Å². The first-order valence-corrected chi connectivity index (χ1v) is 13.7. The van der Waals surface area contributed by atoms with Gasteiger partial charge in [-0.2, -0.15) is 0 Å². The summed E-state index contributed by atoms with van der Waals surface area (Å²) in [4.78, 5) is 32.6. The standard InChI is InChI=1S/C35H34N2O4/c1-23-19-28(41-22-24-9-6-5-7-10-24)16-17-29(23)32(38)30-31(26-12-14-27(15-13-26)35(2,3)4)37(34(40)33(30)39)21-25-11-8-18-36-20-25/h5-20,31,38H,21-22H2,1-4H3/t31-/m0/s1. The third-order valence-electron chi connectivity index (χ3n) is 7.41. The molecule has 41 heavy (non-hydrogen) atoms. The van der Waals surface area contributed by atoms with Gasteiger partial charge in [0, 0.05) is 24.5 Å². The Morgan fingerprint density at radius 1 is 0.927 bits per heavy atom. The Balaban J connectivity index is 1.53. The molecule has 1 atom stereocenters. The average Bonchev–Trinajstić information content (AvgIpc) is 3.21. The number of hydrogen-bond donors (Lipinski definition) is 1. The number of hydrogen-bond acceptors (Lipinski definition) is 5. The molecule has 0 unspecified atom stereocenters. The molecule has 1 saturated heterocycles. The van der Waals surface area contributed by atoms with E-state index in [1.807, 2.05) is 73.7 Å². The zero-order valence-electron chi connectivity index (χ0n) is 23.8. The van der Waals surface area contributed by atoms with E-state index in [0.717, 1.165) is 27.8 Å². The minimum atomic E-state index is -0.752. The second-order valence-electron chi connectivity index (χ2n) is 11.4. The van der Waals surface area contributed by atoms with E-state index in [0.29, 0.717) is 17.9 Å². The number of amides is 1. The molecule has 5 rings (SSSR count). The molecule has 4 aromatic rings. The van der Waals surface area contributed by atoms with Gasteiger partial charge in [-0.05, 0) is 64.4 Å². The number of ether oxygens (including phenoxy) is 1. The molecule has 1 fully saturated rings. The number of aliphatic hydroxyl groups excluding tert-OH is 1. The molecule has 6 nitrogen and oxygen atoms in total. The zero-order valence-corrected chi connectivity index (χ0v) is 23.8. The number of benzene rings is 3. The van der Waals surface area contributed by atoms with Crippen LogP contribution in [0.15, 0.2) is 103 Å². The largest absolute Gasteiger partial charge is 0.507 e. The molecule has 1 N–H and O–H groups in total. The first-order chi connectivity index (χ1) is 19.6. The SMILES string of the molecule is Cc1cc(OCc2ccccc2)ccc1C(O)=C1C(=O)C(=O)N(Cc2cccnc2)[C@H]1c1ccc(C(C)(C)C)cc1. The third kappa shape index (κ3) is 5.92. The van der Waals surface area contributed by atoms with Gasteiger partial charge in [-0.15, -0.1) is 0 Å². The fourth-order valence-corrected chi connectivity index (χ4v) is 5.12. The number of nitrogens with zero attached hydrogens (tertiary/aromatic N) is 2. The highest BCUT2D eigenvalue weighted by atomic mass is 16.5. The number of ketones is 1. The molecular weight excluding hydrogens is 512 g/mol. The van der Waals surface area contributed by atoms with E-state index >= 15 is 0 Å². The number of carbonyl (C=O) groups is 2. The van der Waals surface area contributed by atoms with E-state index < -0.39 is 17.7 Å². The number of pyridine rings is 1. The number of aryl methyl sites for hydroxylation is 1. The van der Waals surface area contributed by atoms with E-state index in [1.54, 1.807) is 30.6 Å². The van der Waals surface area contributed by atoms with Gasteiger partial charge >= 0.3 is 0 Å². The van der Waals surface area contributed by atoms with Gasteiger partial charge in [0.2, 0.25) is 0 Å². The Hall–Kier alpha value is -4.71. The summed E-state index contributed by atoms with van der Waals surface area (Å²) in [5.74, 6) is -0.913. The molecule has 0 saturated carbocycles. The van der Waals surface area contributed by atoms with Crippen molar-refractivity contribution >= 4 is 17.4 Å². The summed E-state index contributed by atoms with van der Waals surface area (Å²) in [5, 5.41) is 11.6. The highest BCUT2D eigenvalue weighted by molar-refractivity contribution is 6.46. The zero-order chi connectivity index (χ0) is 29.1. The van der Waals surface area contributed by atoms with Crippen LogP contribution in [-0.2, 0) is 28.2 Å². The van der Waals surface area contributed by atoms with E-state index in [2.05, 4.69) is 25.8 Å². The summed E-state index contributed by atoms with van der Waals surface area (Å²) in [5.41, 5.74) is 4.95. The summed E-state index contributed by atoms with van der Waals surface area (Å²) in [6, 6.07) is 26.0. The quantitative estimate of drug-likeness (QED) is 0.155. The van der Waals surface area contributed by atoms with Gasteiger partial charge in [-0.1, -0.05) is 81.4 Å². The summed E-state index contributed by atoms with van der Waals surface area (Å²) in [6.45, 7) is 8.84. The first kappa shape index (κ1) is 27.8. The lowest BCUT2D eigenvalue weighted by Crippen LogP contribution is -2.29. The van der Waals surface area contributed by atoms with Gasteiger partial charge < -0.3 is 14.7 Å². The van der Waals surface area contributed by atoms with Gasteiger partial charge in [-0.3, -0.25) is 14.6 Å². The molecule has 1 aromatic heterocycles. The van der Waals surface area contributed by atoms with Crippen LogP contribution in [-0.4, -0.2) is 26.7 Å². The molecule has 1 aliphatic heterocycles. The number of rotatable bonds is 7. The van der Waals surface area contributed by atoms with Gasteiger partial charge in [0.15, 0.2) is 0 Å². The lowest BCUT2D eigenvalue weighted by atomic mass is 9.85. The van der Waals surface area contributed by atoms with Gasteiger partial charge in [0.05, 0.1) is 11.6 Å². The lowest BCUT2D eigenvalue weighted by Gasteiger charge is -2.26. The van der Waals surface area contributed by atoms with E-state index in [9.17, 15) is 14.7 Å². The van der Waals surface area contributed by atoms with E-state index in [4.69, 9.17) is 4.74 Å². The molecule has 0 aliphatic carbocycles. The average molecular weight is 547 g/mol. The highest BCUT2D eigenvalue weighted by Gasteiger charge is 2.46. The van der Waals surface area contributed by atoms with Crippen LogP contribution in [0.25, 0.3) is 5.76 Å². The number of likely N-dealkylation sites (tertiary alicyclic amines) is 1. The van der Waals surface area contributed by atoms with E-state index in [-0.39, 0.29) is 23.3 Å². The Labute approximate surface area is 240 Å². The number of aliphatic hydroxyl groups is 1. The molecule has 0 spiro atoms. The minimum absolute atomic E-state index is 0.0580. The molecule has 1 amide bonds. The maximum Gasteiger partial charge on any atom is 0.295 e. The second-order valence-corrected chi connectivity index (χ2v) is 11.4. The Morgan fingerprint density at radius 3 is 2.27 bits per heavy atom. The summed E-state index contributed by atoms with van der Waals surface area (Å²) < 4.78 is 5.95. The lowest BCUT2D eigenvalue weighted by molar-refractivity contribution is -0.140. The van der Waals surface area contributed by atoms with Crippen LogP contribution < -0.4 is 4.74 Å². The monoisotopic (exact) mass is 546 g/mol. The maximum absolute atomic E-state index is 13.5. The molecule has 0 bridgehead atoms. The van der Waals surface area contributed by atoms with Crippen molar-refractivity contribution in [3.8, 4) is 5.75 Å². The van der Waals surface area contributed by atoms with Crippen LogP contribution in [0.4, 0.5) is 0 Å². The van der Waals surface area contributed by atoms with Crippen molar-refractivity contribution < 1.29 is 19.4 Å². The van der Waals surface area contributed by atoms with Crippen LogP contribution in [0.3, 0.4) is 0 Å². The van der Waals surface area contributed by atoms with Gasteiger partial charge in [0.1, 0.15) is 18.1 Å². The predicted molar refractivity (Wildman–Crippen MR) is 159 cm³/mol. The molecular formula is C35H34N2O4. The van der Waals surface area contributed by atoms with Gasteiger partial charge in [-0.25, -0.2) is 0 Å². The van der Waals surface area contributed by atoms with Crippen LogP contribution in [0.1, 0.15) is 60.2 Å². The third-order valence-corrected chi connectivity index (χ3v) is 7.41. The number of aromatic nitrogens is 1. The smallest absolute Gasteiger partial charge is 0.295 e. The van der Waals surface area contributed by atoms with Crippen LogP contribution >= 0.6 is 0 Å². The highest BCUT2D eigenvalue weighted by Crippen LogP contribution is 2.41. The Bertz CT molecular complexity index is 1590. The van der Waals surface area contributed by atoms with Crippen molar-refractivity contribution in [3.63, 3.8) is 0 Å². The molecule has 208 valence electrons. The van der Waals surface area contributed by atoms with Crippen molar-refractivity contribution in [2.24, 2.45) is 0 Å². The molecule has 0 radical (unpaired) electrons. The van der Waals surface area contributed by atoms with Crippen molar-refractivity contribution in [1.82, 2.24) is 9.88 Å². The number of Topliss-reactive ketones (excluding diaryl/α,β-unsaturated/α-hetero) is 1. The van der Waals surface area contributed by atoms with Crippen LogP contribution in [0.5, 0.6) is 5.75 Å². The van der Waals surface area contributed by atoms with Crippen LogP contribution in [0, 0.1) is 6.92 Å². The second kappa shape index (κ2) is 11.4. The van der Waals surface area contributed by atoms with Crippen LogP contribution in [0.2, 0.25) is 0 Å².